The van der Waals surface area contributed by atoms with Gasteiger partial charge in [-0.1, -0.05) is 23.7 Å². The molecule has 1 aromatic heterocycles. The lowest BCUT2D eigenvalue weighted by atomic mass is 10.1. The molecule has 3 aromatic rings. The topological polar surface area (TPSA) is 106 Å². The molecular weight excluding hydrogens is 580 g/mol. The fraction of sp³-hybridized carbons (Fsp3) is 0.419. The van der Waals surface area contributed by atoms with Gasteiger partial charge in [0.05, 0.1) is 0 Å². The summed E-state index contributed by atoms with van der Waals surface area (Å²) in [5.74, 6) is -4.46. The predicted molar refractivity (Wildman–Crippen MR) is 155 cm³/mol. The first-order chi connectivity index (χ1) is 20.4. The third-order valence-corrected chi connectivity index (χ3v) is 9.04. The van der Waals surface area contributed by atoms with Crippen molar-refractivity contribution in [3.8, 4) is 0 Å². The molecule has 0 radical (unpaired) electrons. The van der Waals surface area contributed by atoms with Gasteiger partial charge in [0, 0.05) is 67.6 Å². The van der Waals surface area contributed by atoms with Crippen molar-refractivity contribution >= 4 is 46.1 Å². The SMILES string of the molecule is CC(=O)N1CC[C@H]2CC[C@@H](C(=O)N3Cc4ccc(Cl)cc4C3)N2C(=O)[C@@H](NC(=O)c2cc3cc(C(C)(F)F)ccc3[nH]2)C1. The number of aromatic amines is 1. The average Bonchev–Trinajstić information content (AvgIpc) is 3.68. The number of alkyl halides is 2. The van der Waals surface area contributed by atoms with Gasteiger partial charge < -0.3 is 25.0 Å². The number of hydrogen-bond donors (Lipinski definition) is 2. The van der Waals surface area contributed by atoms with Crippen molar-refractivity contribution in [2.75, 3.05) is 13.1 Å². The van der Waals surface area contributed by atoms with Crippen molar-refractivity contribution in [2.45, 2.75) is 70.2 Å². The van der Waals surface area contributed by atoms with Gasteiger partial charge >= 0.3 is 0 Å². The molecule has 0 saturated carbocycles. The molecular formula is C31H32ClF2N5O4. The van der Waals surface area contributed by atoms with Gasteiger partial charge in [-0.15, -0.1) is 0 Å². The highest BCUT2D eigenvalue weighted by Gasteiger charge is 2.47. The van der Waals surface area contributed by atoms with Crippen LogP contribution in [0.2, 0.25) is 5.02 Å². The molecule has 4 heterocycles. The largest absolute Gasteiger partial charge is 0.351 e. The summed E-state index contributed by atoms with van der Waals surface area (Å²) < 4.78 is 27.7. The number of fused-ring (bicyclic) bond motifs is 3. The van der Waals surface area contributed by atoms with Gasteiger partial charge in [0.25, 0.3) is 11.8 Å². The molecule has 0 aliphatic carbocycles. The predicted octanol–water partition coefficient (Wildman–Crippen LogP) is 4.19. The summed E-state index contributed by atoms with van der Waals surface area (Å²) >= 11 is 6.15. The molecule has 0 spiro atoms. The maximum absolute atomic E-state index is 14.1. The summed E-state index contributed by atoms with van der Waals surface area (Å²) in [5.41, 5.74) is 2.39. The van der Waals surface area contributed by atoms with E-state index < -0.39 is 29.8 Å². The van der Waals surface area contributed by atoms with Crippen LogP contribution in [-0.4, -0.2) is 74.5 Å². The van der Waals surface area contributed by atoms with E-state index in [4.69, 9.17) is 11.6 Å². The number of nitrogens with one attached hydrogen (secondary N) is 2. The molecule has 226 valence electrons. The second kappa shape index (κ2) is 10.9. The zero-order valence-corrected chi connectivity index (χ0v) is 24.6. The van der Waals surface area contributed by atoms with E-state index >= 15 is 0 Å². The molecule has 43 heavy (non-hydrogen) atoms. The van der Waals surface area contributed by atoms with Gasteiger partial charge in [0.1, 0.15) is 17.8 Å². The highest BCUT2D eigenvalue weighted by Crippen LogP contribution is 2.34. The molecule has 3 atom stereocenters. The normalized spacial score (nSPS) is 22.3. The van der Waals surface area contributed by atoms with Crippen LogP contribution < -0.4 is 5.32 Å². The zero-order chi connectivity index (χ0) is 30.6. The smallest absolute Gasteiger partial charge is 0.270 e. The van der Waals surface area contributed by atoms with Crippen molar-refractivity contribution in [2.24, 2.45) is 0 Å². The number of carbonyl (C=O) groups is 4. The molecule has 6 rings (SSSR count). The van der Waals surface area contributed by atoms with Crippen LogP contribution in [0, 0.1) is 0 Å². The zero-order valence-electron chi connectivity index (χ0n) is 23.8. The molecule has 0 bridgehead atoms. The summed E-state index contributed by atoms with van der Waals surface area (Å²) in [6, 6.07) is 9.04. The highest BCUT2D eigenvalue weighted by atomic mass is 35.5. The lowest BCUT2D eigenvalue weighted by molar-refractivity contribution is -0.149. The number of halogens is 3. The number of aromatic nitrogens is 1. The molecule has 9 nitrogen and oxygen atoms in total. The van der Waals surface area contributed by atoms with E-state index in [1.54, 1.807) is 15.9 Å². The Morgan fingerprint density at radius 2 is 1.77 bits per heavy atom. The van der Waals surface area contributed by atoms with Crippen LogP contribution in [0.25, 0.3) is 10.9 Å². The van der Waals surface area contributed by atoms with Crippen molar-refractivity contribution in [3.05, 3.63) is 69.9 Å². The second-order valence-corrected chi connectivity index (χ2v) is 12.2. The molecule has 3 aliphatic rings. The Morgan fingerprint density at radius 3 is 2.51 bits per heavy atom. The molecule has 3 aliphatic heterocycles. The third-order valence-electron chi connectivity index (χ3n) is 8.80. The standard InChI is InChI=1S/C31H32ClF2N5O4/c1-17(40)37-10-9-23-6-8-27(30(43)38-14-18-3-5-22(32)12-20(18)15-38)39(23)29(42)26(16-37)36-28(41)25-13-19-11-21(31(2,33)34)4-7-24(19)35-25/h3-5,7,11-13,23,26-27,35H,6,8-10,14-16H2,1-2H3,(H,36,41)/t23-,26+,27+/m1/s1. The van der Waals surface area contributed by atoms with Crippen LogP contribution >= 0.6 is 11.6 Å². The average molecular weight is 612 g/mol. The Labute approximate surface area is 252 Å². The first-order valence-electron chi connectivity index (χ1n) is 14.3. The Hall–Kier alpha value is -3.99. The van der Waals surface area contributed by atoms with Crippen LogP contribution in [-0.2, 0) is 33.4 Å². The maximum Gasteiger partial charge on any atom is 0.270 e. The number of rotatable bonds is 4. The fourth-order valence-corrected chi connectivity index (χ4v) is 6.70. The van der Waals surface area contributed by atoms with E-state index in [0.717, 1.165) is 18.1 Å². The lowest BCUT2D eigenvalue weighted by Gasteiger charge is -2.39. The van der Waals surface area contributed by atoms with Crippen molar-refractivity contribution in [1.82, 2.24) is 25.0 Å². The molecule has 4 amide bonds. The maximum atomic E-state index is 14.1. The monoisotopic (exact) mass is 611 g/mol. The van der Waals surface area contributed by atoms with Gasteiger partial charge in [0.2, 0.25) is 17.7 Å². The molecule has 2 saturated heterocycles. The molecule has 12 heteroatoms. The van der Waals surface area contributed by atoms with Crippen molar-refractivity contribution in [3.63, 3.8) is 0 Å². The van der Waals surface area contributed by atoms with E-state index in [1.807, 2.05) is 12.1 Å². The van der Waals surface area contributed by atoms with E-state index in [0.29, 0.717) is 54.8 Å². The Kier molecular flexibility index (Phi) is 7.40. The van der Waals surface area contributed by atoms with E-state index in [1.165, 1.54) is 36.1 Å². The quantitative estimate of drug-likeness (QED) is 0.462. The number of hydrogen-bond acceptors (Lipinski definition) is 4. The minimum Gasteiger partial charge on any atom is -0.351 e. The van der Waals surface area contributed by atoms with Gasteiger partial charge in [-0.2, -0.15) is 0 Å². The van der Waals surface area contributed by atoms with E-state index in [2.05, 4.69) is 10.3 Å². The first kappa shape index (κ1) is 29.1. The molecule has 2 N–H and O–H groups in total. The lowest BCUT2D eigenvalue weighted by Crippen LogP contribution is -2.61. The van der Waals surface area contributed by atoms with Gasteiger partial charge in [-0.05, 0) is 60.7 Å². The van der Waals surface area contributed by atoms with Crippen LogP contribution in [0.5, 0.6) is 0 Å². The van der Waals surface area contributed by atoms with Gasteiger partial charge in [-0.25, -0.2) is 8.78 Å². The summed E-state index contributed by atoms with van der Waals surface area (Å²) in [6.07, 6.45) is 1.61. The first-order valence-corrected chi connectivity index (χ1v) is 14.7. The summed E-state index contributed by atoms with van der Waals surface area (Å²) in [5, 5.41) is 3.79. The number of benzene rings is 2. The van der Waals surface area contributed by atoms with Crippen molar-refractivity contribution in [1.29, 1.82) is 0 Å². The third kappa shape index (κ3) is 5.58. The molecule has 2 aromatic carbocycles. The van der Waals surface area contributed by atoms with Crippen LogP contribution in [0.4, 0.5) is 8.78 Å². The van der Waals surface area contributed by atoms with Gasteiger partial charge in [0.15, 0.2) is 0 Å². The summed E-state index contributed by atoms with van der Waals surface area (Å²) in [7, 11) is 0. The molecule has 2 fully saturated rings. The second-order valence-electron chi connectivity index (χ2n) is 11.8. The van der Waals surface area contributed by atoms with Crippen LogP contribution in [0.15, 0.2) is 42.5 Å². The number of amides is 4. The highest BCUT2D eigenvalue weighted by molar-refractivity contribution is 6.30. The van der Waals surface area contributed by atoms with Crippen LogP contribution in [0.1, 0.15) is 60.3 Å². The van der Waals surface area contributed by atoms with Crippen molar-refractivity contribution < 1.29 is 28.0 Å². The number of nitrogens with zero attached hydrogens (tertiary/aromatic N) is 3. The Bertz CT molecular complexity index is 1640. The Balaban J connectivity index is 1.24. The van der Waals surface area contributed by atoms with Gasteiger partial charge in [-0.3, -0.25) is 19.2 Å². The number of carbonyl (C=O) groups excluding carboxylic acids is 4. The molecule has 0 unspecified atom stereocenters. The fourth-order valence-electron chi connectivity index (χ4n) is 6.50. The number of H-pyrrole nitrogens is 1. The van der Waals surface area contributed by atoms with E-state index in [9.17, 15) is 28.0 Å². The summed E-state index contributed by atoms with van der Waals surface area (Å²) in [6.45, 7) is 3.38. The minimum atomic E-state index is -3.04. The summed E-state index contributed by atoms with van der Waals surface area (Å²) in [4.78, 5) is 61.6. The van der Waals surface area contributed by atoms with E-state index in [-0.39, 0.29) is 35.7 Å². The van der Waals surface area contributed by atoms with Crippen LogP contribution in [0.3, 0.4) is 0 Å². The Morgan fingerprint density at radius 1 is 1.00 bits per heavy atom. The minimum absolute atomic E-state index is 0.0515.